The van der Waals surface area contributed by atoms with Crippen molar-refractivity contribution in [1.29, 1.82) is 0 Å². The zero-order chi connectivity index (χ0) is 18.2. The minimum atomic E-state index is -1.42. The third-order valence-electron chi connectivity index (χ3n) is 6.89. The lowest BCUT2D eigenvalue weighted by Gasteiger charge is -2.44. The molecule has 0 unspecified atom stereocenters. The van der Waals surface area contributed by atoms with Crippen LogP contribution in [-0.2, 0) is 4.79 Å². The molecule has 4 nitrogen and oxygen atoms in total. The fourth-order valence-corrected chi connectivity index (χ4v) is 5.10. The molecule has 3 N–H and O–H groups in total. The van der Waals surface area contributed by atoms with Gasteiger partial charge in [0.2, 0.25) is 0 Å². The molecule has 0 aromatic rings. The number of hydrogen-bond acceptors (Lipinski definition) is 4. The van der Waals surface area contributed by atoms with Crippen molar-refractivity contribution >= 4 is 5.78 Å². The van der Waals surface area contributed by atoms with Crippen LogP contribution in [0.15, 0.2) is 34.9 Å². The fourth-order valence-electron chi connectivity index (χ4n) is 5.10. The van der Waals surface area contributed by atoms with Gasteiger partial charge in [-0.05, 0) is 68.9 Å². The van der Waals surface area contributed by atoms with Crippen molar-refractivity contribution in [3.63, 3.8) is 0 Å². The number of hydrogen-bond donors (Lipinski definition) is 3. The number of aliphatic hydroxyl groups excluding tert-OH is 2. The predicted octanol–water partition coefficient (Wildman–Crippen LogP) is 2.83. The Hall–Kier alpha value is -1.23. The minimum absolute atomic E-state index is 0.132. The van der Waals surface area contributed by atoms with E-state index < -0.39 is 23.4 Å². The summed E-state index contributed by atoms with van der Waals surface area (Å²) in [6.07, 6.45) is 11.4. The second-order valence-corrected chi connectivity index (χ2v) is 8.23. The number of carbonyl (C=O) groups excluding carboxylic acids is 1. The molecule has 0 heterocycles. The van der Waals surface area contributed by atoms with Crippen LogP contribution in [0.2, 0.25) is 0 Å². The number of allylic oxidation sites excluding steroid dienone is 5. The highest BCUT2D eigenvalue weighted by Gasteiger charge is 2.60. The molecule has 25 heavy (non-hydrogen) atoms. The van der Waals surface area contributed by atoms with Crippen LogP contribution in [0.25, 0.3) is 0 Å². The number of Topliss-reactive ketones (excluding diaryl/α,β-unsaturated/α-hetero) is 1. The van der Waals surface area contributed by atoms with Gasteiger partial charge in [0.25, 0.3) is 0 Å². The van der Waals surface area contributed by atoms with Crippen molar-refractivity contribution in [2.75, 3.05) is 6.61 Å². The lowest BCUT2D eigenvalue weighted by atomic mass is 9.62. The van der Waals surface area contributed by atoms with Crippen molar-refractivity contribution in [3.05, 3.63) is 34.9 Å². The number of carbonyl (C=O) groups is 1. The molecule has 0 spiro atoms. The van der Waals surface area contributed by atoms with Gasteiger partial charge in [-0.15, -0.1) is 0 Å². The maximum Gasteiger partial charge on any atom is 0.190 e. The summed E-state index contributed by atoms with van der Waals surface area (Å²) in [4.78, 5) is 12.2. The molecule has 0 aliphatic heterocycles. The predicted molar refractivity (Wildman–Crippen MR) is 96.9 cm³/mol. The van der Waals surface area contributed by atoms with E-state index in [1.165, 1.54) is 16.7 Å². The third-order valence-corrected chi connectivity index (χ3v) is 6.89. The van der Waals surface area contributed by atoms with E-state index in [4.69, 9.17) is 0 Å². The second-order valence-electron chi connectivity index (χ2n) is 8.23. The standard InChI is InChI=1S/C21H30O4/c1-14-5-8-17(23)12-16(14)7-6-15-4-3-10-20(2)18(15)9-11-21(20,25)19(24)13-22/h4,6-7,17-18,22-23,25H,3,5,8-13H2,1-2H3/b7-6-/t17-,18-,20-,21-/m0/s1. The second kappa shape index (κ2) is 6.82. The highest BCUT2D eigenvalue weighted by molar-refractivity contribution is 5.89. The van der Waals surface area contributed by atoms with Gasteiger partial charge < -0.3 is 15.3 Å². The molecule has 0 aromatic heterocycles. The van der Waals surface area contributed by atoms with Crippen LogP contribution in [0.5, 0.6) is 0 Å². The molecule has 3 rings (SSSR count). The summed E-state index contributed by atoms with van der Waals surface area (Å²) < 4.78 is 0. The Labute approximate surface area is 149 Å². The van der Waals surface area contributed by atoms with Crippen molar-refractivity contribution in [2.45, 2.75) is 70.5 Å². The molecule has 138 valence electrons. The Balaban J connectivity index is 1.84. The van der Waals surface area contributed by atoms with E-state index >= 15 is 0 Å². The summed E-state index contributed by atoms with van der Waals surface area (Å²) in [5.74, 6) is -0.316. The van der Waals surface area contributed by atoms with Gasteiger partial charge in [0, 0.05) is 5.41 Å². The summed E-state index contributed by atoms with van der Waals surface area (Å²) in [6, 6.07) is 0. The smallest absolute Gasteiger partial charge is 0.190 e. The minimum Gasteiger partial charge on any atom is -0.393 e. The van der Waals surface area contributed by atoms with Crippen LogP contribution in [0.4, 0.5) is 0 Å². The highest BCUT2D eigenvalue weighted by Crippen LogP contribution is 2.58. The van der Waals surface area contributed by atoms with Gasteiger partial charge in [0.15, 0.2) is 5.78 Å². The molecule has 1 fully saturated rings. The maximum atomic E-state index is 12.2. The SMILES string of the molecule is CC1=C(/C=C\C2=CCC[C@@]3(C)[C@H]2CC[C@]3(O)C(=O)CO)C[C@@H](O)CC1. The van der Waals surface area contributed by atoms with Crippen molar-refractivity contribution in [2.24, 2.45) is 11.3 Å². The summed E-state index contributed by atoms with van der Waals surface area (Å²) in [5, 5.41) is 30.2. The van der Waals surface area contributed by atoms with Gasteiger partial charge in [0.1, 0.15) is 12.2 Å². The van der Waals surface area contributed by atoms with Gasteiger partial charge in [-0.1, -0.05) is 30.7 Å². The van der Waals surface area contributed by atoms with Crippen LogP contribution in [0.1, 0.15) is 58.8 Å². The molecule has 4 heteroatoms. The van der Waals surface area contributed by atoms with Crippen molar-refractivity contribution in [3.8, 4) is 0 Å². The Kier molecular flexibility index (Phi) is 5.06. The van der Waals surface area contributed by atoms with Gasteiger partial charge in [-0.25, -0.2) is 0 Å². The lowest BCUT2D eigenvalue weighted by molar-refractivity contribution is -0.154. The molecule has 0 radical (unpaired) electrons. The summed E-state index contributed by atoms with van der Waals surface area (Å²) >= 11 is 0. The van der Waals surface area contributed by atoms with E-state index in [9.17, 15) is 20.1 Å². The quantitative estimate of drug-likeness (QED) is 0.731. The Morgan fingerprint density at radius 2 is 2.08 bits per heavy atom. The lowest BCUT2D eigenvalue weighted by Crippen LogP contribution is -2.53. The number of fused-ring (bicyclic) bond motifs is 1. The fraction of sp³-hybridized carbons (Fsp3) is 0.667. The first-order valence-corrected chi connectivity index (χ1v) is 9.43. The summed E-state index contributed by atoms with van der Waals surface area (Å²) in [7, 11) is 0. The van der Waals surface area contributed by atoms with E-state index in [-0.39, 0.29) is 12.0 Å². The first-order valence-electron chi connectivity index (χ1n) is 9.43. The van der Waals surface area contributed by atoms with Crippen LogP contribution >= 0.6 is 0 Å². The molecule has 0 amide bonds. The molecule has 0 saturated heterocycles. The van der Waals surface area contributed by atoms with Gasteiger partial charge in [-0.2, -0.15) is 0 Å². The number of rotatable bonds is 4. The molecule has 4 atom stereocenters. The molecule has 0 aromatic carbocycles. The zero-order valence-corrected chi connectivity index (χ0v) is 15.3. The van der Waals surface area contributed by atoms with E-state index in [0.717, 1.165) is 32.1 Å². The van der Waals surface area contributed by atoms with Crippen LogP contribution in [0, 0.1) is 11.3 Å². The monoisotopic (exact) mass is 346 g/mol. The van der Waals surface area contributed by atoms with Gasteiger partial charge >= 0.3 is 0 Å². The van der Waals surface area contributed by atoms with E-state index in [0.29, 0.717) is 12.8 Å². The van der Waals surface area contributed by atoms with E-state index in [1.807, 2.05) is 6.92 Å². The zero-order valence-electron chi connectivity index (χ0n) is 15.3. The Morgan fingerprint density at radius 3 is 2.80 bits per heavy atom. The molecule has 3 aliphatic carbocycles. The normalized spacial score (nSPS) is 38.8. The molecule has 3 aliphatic rings. The summed E-state index contributed by atoms with van der Waals surface area (Å²) in [6.45, 7) is 3.52. The molecular formula is C21H30O4. The van der Waals surface area contributed by atoms with E-state index in [2.05, 4.69) is 25.2 Å². The van der Waals surface area contributed by atoms with Gasteiger partial charge in [-0.3, -0.25) is 4.79 Å². The topological polar surface area (TPSA) is 77.8 Å². The first kappa shape index (κ1) is 18.6. The highest BCUT2D eigenvalue weighted by atomic mass is 16.3. The third kappa shape index (κ3) is 3.05. The Morgan fingerprint density at radius 1 is 1.32 bits per heavy atom. The van der Waals surface area contributed by atoms with Gasteiger partial charge in [0.05, 0.1) is 6.10 Å². The summed E-state index contributed by atoms with van der Waals surface area (Å²) in [5.41, 5.74) is 1.77. The molecule has 1 saturated carbocycles. The average molecular weight is 346 g/mol. The number of aliphatic hydroxyl groups is 3. The number of ketones is 1. The Bertz CT molecular complexity index is 644. The van der Waals surface area contributed by atoms with E-state index in [1.54, 1.807) is 0 Å². The maximum absolute atomic E-state index is 12.2. The first-order chi connectivity index (χ1) is 11.8. The van der Waals surface area contributed by atoms with Crippen molar-refractivity contribution < 1.29 is 20.1 Å². The molecule has 0 bridgehead atoms. The average Bonchev–Trinajstić information content (AvgIpc) is 2.88. The largest absolute Gasteiger partial charge is 0.393 e. The van der Waals surface area contributed by atoms with Crippen molar-refractivity contribution in [1.82, 2.24) is 0 Å². The van der Waals surface area contributed by atoms with Crippen LogP contribution in [0.3, 0.4) is 0 Å². The van der Waals surface area contributed by atoms with Crippen LogP contribution in [-0.4, -0.2) is 39.4 Å². The van der Waals surface area contributed by atoms with Crippen LogP contribution < -0.4 is 0 Å². The molecular weight excluding hydrogens is 316 g/mol.